The molecule has 31 heavy (non-hydrogen) atoms. The first-order valence-corrected chi connectivity index (χ1v) is 11.0. The van der Waals surface area contributed by atoms with Crippen LogP contribution in [0.3, 0.4) is 0 Å². The van der Waals surface area contributed by atoms with E-state index >= 15 is 0 Å². The zero-order chi connectivity index (χ0) is 22.5. The molecule has 0 spiro atoms. The molecule has 1 aliphatic rings. The molecular weight excluding hydrogens is 411 g/mol. The maximum atomic E-state index is 13.5. The van der Waals surface area contributed by atoms with Gasteiger partial charge in [0.05, 0.1) is 28.3 Å². The zero-order valence-electron chi connectivity index (χ0n) is 17.7. The van der Waals surface area contributed by atoms with E-state index in [9.17, 15) is 19.2 Å². The Morgan fingerprint density at radius 2 is 1.77 bits per heavy atom. The molecule has 0 bridgehead atoms. The Labute approximate surface area is 185 Å². The van der Waals surface area contributed by atoms with E-state index in [4.69, 9.17) is 0 Å². The second-order valence-electron chi connectivity index (χ2n) is 7.32. The molecule has 2 aromatic carbocycles. The largest absolute Gasteiger partial charge is 0.353 e. The number of carbonyl (C=O) groups excluding carboxylic acids is 2. The topological polar surface area (TPSA) is 70.0 Å². The summed E-state index contributed by atoms with van der Waals surface area (Å²) in [5.74, 6) is -1.05. The number of aryl methyl sites for hydroxylation is 1. The molecule has 2 aromatic rings. The summed E-state index contributed by atoms with van der Waals surface area (Å²) in [6.45, 7) is 5.28. The Hall–Kier alpha value is -3.17. The summed E-state index contributed by atoms with van der Waals surface area (Å²) < 4.78 is 13.5. The van der Waals surface area contributed by atoms with Crippen molar-refractivity contribution in [3.8, 4) is 6.07 Å². The van der Waals surface area contributed by atoms with Crippen LogP contribution in [0.2, 0.25) is 0 Å². The Morgan fingerprint density at radius 3 is 2.32 bits per heavy atom. The predicted octanol–water partition coefficient (Wildman–Crippen LogP) is 5.29. The number of hydrogen-bond donors (Lipinski definition) is 1. The van der Waals surface area contributed by atoms with Gasteiger partial charge in [-0.3, -0.25) is 9.59 Å². The fourth-order valence-electron chi connectivity index (χ4n) is 3.63. The lowest BCUT2D eigenvalue weighted by Crippen LogP contribution is -2.27. The quantitative estimate of drug-likeness (QED) is 0.600. The summed E-state index contributed by atoms with van der Waals surface area (Å²) in [7, 11) is 0. The molecule has 1 atom stereocenters. The van der Waals surface area contributed by atoms with E-state index in [0.29, 0.717) is 33.0 Å². The van der Waals surface area contributed by atoms with E-state index in [-0.39, 0.29) is 23.1 Å². The highest BCUT2D eigenvalue weighted by Crippen LogP contribution is 2.40. The number of Topliss-reactive ketones (excluding diaryl/α,β-unsaturated/α-hetero) is 2. The molecule has 4 nitrogen and oxygen atoms in total. The number of halogens is 1. The first-order valence-electron chi connectivity index (χ1n) is 9.99. The smallest absolute Gasteiger partial charge is 0.173 e. The van der Waals surface area contributed by atoms with Crippen LogP contribution in [-0.4, -0.2) is 17.3 Å². The van der Waals surface area contributed by atoms with Crippen LogP contribution in [0.1, 0.15) is 48.2 Å². The number of allylic oxidation sites excluding steroid dienone is 3. The molecule has 0 aliphatic carbocycles. The van der Waals surface area contributed by atoms with Crippen LogP contribution in [0.5, 0.6) is 0 Å². The van der Waals surface area contributed by atoms with Crippen molar-refractivity contribution in [3.05, 3.63) is 92.9 Å². The third-order valence-corrected chi connectivity index (χ3v) is 6.28. The molecule has 1 N–H and O–H groups in total. The Balaban J connectivity index is 1.91. The van der Waals surface area contributed by atoms with Crippen LogP contribution in [-0.2, 0) is 11.2 Å². The van der Waals surface area contributed by atoms with E-state index < -0.39 is 5.92 Å². The number of nitrogens with zero attached hydrogens (tertiary/aromatic N) is 1. The summed E-state index contributed by atoms with van der Waals surface area (Å²) in [5.41, 5.74) is 3.88. The van der Waals surface area contributed by atoms with Crippen molar-refractivity contribution in [3.63, 3.8) is 0 Å². The molecule has 6 heteroatoms. The van der Waals surface area contributed by atoms with E-state index in [1.54, 1.807) is 19.1 Å². The van der Waals surface area contributed by atoms with Gasteiger partial charge in [-0.15, -0.1) is 0 Å². The number of thioether (sulfide) groups is 1. The molecule has 1 heterocycles. The Morgan fingerprint density at radius 1 is 1.13 bits per heavy atom. The third-order valence-electron chi connectivity index (χ3n) is 5.26. The van der Waals surface area contributed by atoms with E-state index in [2.05, 4.69) is 18.3 Å². The average molecular weight is 435 g/mol. The summed E-state index contributed by atoms with van der Waals surface area (Å²) in [5, 5.41) is 13.6. The van der Waals surface area contributed by atoms with Crippen LogP contribution in [0.25, 0.3) is 0 Å². The maximum Gasteiger partial charge on any atom is 0.173 e. The summed E-state index contributed by atoms with van der Waals surface area (Å²) in [4.78, 5) is 25.0. The number of rotatable bonds is 7. The van der Waals surface area contributed by atoms with E-state index in [0.717, 1.165) is 12.0 Å². The van der Waals surface area contributed by atoms with Crippen molar-refractivity contribution in [2.45, 2.75) is 33.1 Å². The molecule has 0 fully saturated rings. The van der Waals surface area contributed by atoms with Gasteiger partial charge in [-0.25, -0.2) is 4.39 Å². The highest BCUT2D eigenvalue weighted by molar-refractivity contribution is 8.03. The lowest BCUT2D eigenvalue weighted by Gasteiger charge is -2.29. The molecule has 1 unspecified atom stereocenters. The molecule has 3 rings (SSSR count). The third kappa shape index (κ3) is 4.95. The van der Waals surface area contributed by atoms with Crippen molar-refractivity contribution in [1.29, 1.82) is 5.26 Å². The zero-order valence-corrected chi connectivity index (χ0v) is 18.5. The molecule has 0 aromatic heterocycles. The van der Waals surface area contributed by atoms with Crippen molar-refractivity contribution in [2.24, 2.45) is 0 Å². The first kappa shape index (κ1) is 22.5. The molecular formula is C25H23FN2O2S. The van der Waals surface area contributed by atoms with Crippen molar-refractivity contribution in [2.75, 3.05) is 5.75 Å². The van der Waals surface area contributed by atoms with Gasteiger partial charge in [0.15, 0.2) is 11.6 Å². The SMILES string of the molecule is CCc1ccc(C(=O)CSC2=C(C#N)C(c3ccc(F)cc3)C(C(C)=O)=C(C)N2)cc1. The molecule has 0 saturated heterocycles. The van der Waals surface area contributed by atoms with Gasteiger partial charge in [0.2, 0.25) is 0 Å². The minimum Gasteiger partial charge on any atom is -0.353 e. The number of carbonyl (C=O) groups is 2. The van der Waals surface area contributed by atoms with E-state index in [1.165, 1.54) is 30.8 Å². The van der Waals surface area contributed by atoms with Gasteiger partial charge >= 0.3 is 0 Å². The lowest BCUT2D eigenvalue weighted by atomic mass is 9.81. The molecule has 0 radical (unpaired) electrons. The summed E-state index contributed by atoms with van der Waals surface area (Å²) in [6, 6.07) is 15.5. The fourth-order valence-corrected chi connectivity index (χ4v) is 4.62. The van der Waals surface area contributed by atoms with Crippen LogP contribution >= 0.6 is 11.8 Å². The van der Waals surface area contributed by atoms with Gasteiger partial charge < -0.3 is 5.32 Å². The minimum absolute atomic E-state index is 0.0448. The lowest BCUT2D eigenvalue weighted by molar-refractivity contribution is -0.113. The van der Waals surface area contributed by atoms with Gasteiger partial charge in [0.1, 0.15) is 5.82 Å². The Kier molecular flexibility index (Phi) is 7.09. The van der Waals surface area contributed by atoms with Gasteiger partial charge in [0.25, 0.3) is 0 Å². The molecule has 0 saturated carbocycles. The predicted molar refractivity (Wildman–Crippen MR) is 121 cm³/mol. The van der Waals surface area contributed by atoms with Crippen LogP contribution < -0.4 is 5.32 Å². The number of nitriles is 1. The van der Waals surface area contributed by atoms with Crippen molar-refractivity contribution >= 4 is 23.3 Å². The van der Waals surface area contributed by atoms with Crippen molar-refractivity contribution in [1.82, 2.24) is 5.32 Å². The molecule has 1 aliphatic heterocycles. The Bertz CT molecular complexity index is 1110. The second-order valence-corrected chi connectivity index (χ2v) is 8.31. The maximum absolute atomic E-state index is 13.5. The summed E-state index contributed by atoms with van der Waals surface area (Å²) in [6.07, 6.45) is 0.903. The average Bonchev–Trinajstić information content (AvgIpc) is 2.77. The number of nitrogens with one attached hydrogen (secondary N) is 1. The normalized spacial score (nSPS) is 16.0. The van der Waals surface area contributed by atoms with Gasteiger partial charge in [-0.2, -0.15) is 5.26 Å². The number of hydrogen-bond acceptors (Lipinski definition) is 5. The van der Waals surface area contributed by atoms with Gasteiger partial charge in [-0.1, -0.05) is 55.1 Å². The summed E-state index contributed by atoms with van der Waals surface area (Å²) >= 11 is 1.24. The van der Waals surface area contributed by atoms with Crippen molar-refractivity contribution < 1.29 is 14.0 Å². The monoisotopic (exact) mass is 434 g/mol. The number of benzene rings is 2. The first-order chi connectivity index (χ1) is 14.8. The van der Waals surface area contributed by atoms with E-state index in [1.807, 2.05) is 24.3 Å². The van der Waals surface area contributed by atoms with Crippen LogP contribution in [0.4, 0.5) is 4.39 Å². The molecule has 158 valence electrons. The highest BCUT2D eigenvalue weighted by atomic mass is 32.2. The number of ketones is 2. The van der Waals surface area contributed by atoms with Crippen LogP contribution in [0.15, 0.2) is 70.4 Å². The minimum atomic E-state index is -0.606. The fraction of sp³-hybridized carbons (Fsp3) is 0.240. The highest BCUT2D eigenvalue weighted by Gasteiger charge is 2.33. The van der Waals surface area contributed by atoms with Gasteiger partial charge in [-0.05, 0) is 43.5 Å². The second kappa shape index (κ2) is 9.76. The van der Waals surface area contributed by atoms with Gasteiger partial charge in [0, 0.05) is 16.8 Å². The molecule has 0 amide bonds. The standard InChI is InChI=1S/C25H23FN2O2S/c1-4-17-5-7-18(8-6-17)22(30)14-31-25-21(13-27)24(19-9-11-20(26)12-10-19)23(16(3)29)15(2)28-25/h5-12,24,28H,4,14H2,1-3H3. The number of dihydropyridines is 1. The van der Waals surface area contributed by atoms with Crippen LogP contribution in [0, 0.1) is 17.1 Å².